The average molecular weight is 268 g/mol. The van der Waals surface area contributed by atoms with Gasteiger partial charge in [-0.05, 0) is 18.4 Å². The Morgan fingerprint density at radius 2 is 2.29 bits per heavy atom. The van der Waals surface area contributed by atoms with Crippen LogP contribution in [0.3, 0.4) is 0 Å². The molecule has 0 amide bonds. The van der Waals surface area contributed by atoms with E-state index in [9.17, 15) is 10.1 Å². The standard InChI is InChI=1S/C9H8N4O2S2/c1-5-7(13(14)15)8(12-9(10)11-5)17-6-3-2-4-16-6/h2-4H,1H3,(H2,10,11,12). The van der Waals surface area contributed by atoms with Gasteiger partial charge < -0.3 is 5.73 Å². The van der Waals surface area contributed by atoms with Gasteiger partial charge in [0.2, 0.25) is 5.95 Å². The lowest BCUT2D eigenvalue weighted by Gasteiger charge is -2.03. The highest BCUT2D eigenvalue weighted by molar-refractivity contribution is 8.01. The van der Waals surface area contributed by atoms with Gasteiger partial charge in [-0.1, -0.05) is 17.8 Å². The zero-order chi connectivity index (χ0) is 12.4. The topological polar surface area (TPSA) is 94.9 Å². The lowest BCUT2D eigenvalue weighted by Crippen LogP contribution is -2.03. The maximum Gasteiger partial charge on any atom is 0.322 e. The second-order valence-electron chi connectivity index (χ2n) is 3.11. The number of hydrogen-bond acceptors (Lipinski definition) is 7. The molecule has 2 N–H and O–H groups in total. The predicted octanol–water partition coefficient (Wildman–Crippen LogP) is 2.49. The van der Waals surface area contributed by atoms with E-state index in [1.54, 1.807) is 6.92 Å². The van der Waals surface area contributed by atoms with Crippen LogP contribution in [-0.2, 0) is 0 Å². The molecule has 2 heterocycles. The summed E-state index contributed by atoms with van der Waals surface area (Å²) in [6, 6.07) is 3.74. The fourth-order valence-corrected chi connectivity index (χ4v) is 3.10. The highest BCUT2D eigenvalue weighted by Crippen LogP contribution is 2.36. The van der Waals surface area contributed by atoms with Crippen molar-refractivity contribution in [2.24, 2.45) is 0 Å². The van der Waals surface area contributed by atoms with E-state index in [1.165, 1.54) is 23.1 Å². The van der Waals surface area contributed by atoms with Crippen molar-refractivity contribution in [3.05, 3.63) is 33.3 Å². The normalized spacial score (nSPS) is 10.4. The van der Waals surface area contributed by atoms with Crippen LogP contribution < -0.4 is 5.73 Å². The largest absolute Gasteiger partial charge is 0.368 e. The molecule has 8 heteroatoms. The summed E-state index contributed by atoms with van der Waals surface area (Å²) in [4.78, 5) is 18.2. The number of thiophene rings is 1. The minimum Gasteiger partial charge on any atom is -0.368 e. The van der Waals surface area contributed by atoms with E-state index in [1.807, 2.05) is 17.5 Å². The molecule has 0 unspecified atom stereocenters. The van der Waals surface area contributed by atoms with E-state index < -0.39 is 4.92 Å². The molecule has 0 aliphatic rings. The summed E-state index contributed by atoms with van der Waals surface area (Å²) in [5.41, 5.74) is 5.70. The quantitative estimate of drug-likeness (QED) is 0.522. The molecule has 2 aromatic rings. The second kappa shape index (κ2) is 4.68. The lowest BCUT2D eigenvalue weighted by atomic mass is 10.4. The van der Waals surface area contributed by atoms with E-state index in [4.69, 9.17) is 5.73 Å². The Hall–Kier alpha value is -1.67. The van der Waals surface area contributed by atoms with Crippen molar-refractivity contribution in [1.29, 1.82) is 0 Å². The molecule has 17 heavy (non-hydrogen) atoms. The molecule has 0 bridgehead atoms. The summed E-state index contributed by atoms with van der Waals surface area (Å²) in [5, 5.41) is 13.1. The first kappa shape index (κ1) is 11.8. The third-order valence-electron chi connectivity index (χ3n) is 1.92. The SMILES string of the molecule is Cc1nc(N)nc(Sc2cccs2)c1[N+](=O)[O-]. The van der Waals surface area contributed by atoms with E-state index in [0.29, 0.717) is 0 Å². The Labute approximate surface area is 105 Å². The van der Waals surface area contributed by atoms with Gasteiger partial charge >= 0.3 is 5.69 Å². The van der Waals surface area contributed by atoms with E-state index in [2.05, 4.69) is 9.97 Å². The van der Waals surface area contributed by atoms with Crippen LogP contribution in [0, 0.1) is 17.0 Å². The maximum atomic E-state index is 11.0. The van der Waals surface area contributed by atoms with Crippen molar-refractivity contribution in [1.82, 2.24) is 9.97 Å². The number of hydrogen-bond donors (Lipinski definition) is 1. The molecule has 2 rings (SSSR count). The predicted molar refractivity (Wildman–Crippen MR) is 66.3 cm³/mol. The highest BCUT2D eigenvalue weighted by Gasteiger charge is 2.22. The molecule has 0 fully saturated rings. The number of rotatable bonds is 3. The Kier molecular flexibility index (Phi) is 3.25. The molecule has 2 aromatic heterocycles. The third kappa shape index (κ3) is 2.53. The Morgan fingerprint density at radius 3 is 2.88 bits per heavy atom. The minimum atomic E-state index is -0.481. The fraction of sp³-hybridized carbons (Fsp3) is 0.111. The van der Waals surface area contributed by atoms with Crippen LogP contribution in [0.2, 0.25) is 0 Å². The molecule has 0 aromatic carbocycles. The van der Waals surface area contributed by atoms with Crippen molar-refractivity contribution >= 4 is 34.7 Å². The summed E-state index contributed by atoms with van der Waals surface area (Å²) in [6.45, 7) is 1.55. The first-order valence-corrected chi connectivity index (χ1v) is 6.27. The smallest absolute Gasteiger partial charge is 0.322 e. The zero-order valence-corrected chi connectivity index (χ0v) is 10.4. The van der Waals surface area contributed by atoms with Crippen molar-refractivity contribution in [2.45, 2.75) is 16.2 Å². The summed E-state index contributed by atoms with van der Waals surface area (Å²) in [5.74, 6) is 0.0483. The molecule has 0 saturated carbocycles. The van der Waals surface area contributed by atoms with Crippen molar-refractivity contribution in [2.75, 3.05) is 5.73 Å². The molecule has 0 radical (unpaired) electrons. The van der Waals surface area contributed by atoms with Crippen molar-refractivity contribution in [3.8, 4) is 0 Å². The van der Waals surface area contributed by atoms with Gasteiger partial charge in [0.05, 0.1) is 9.13 Å². The van der Waals surface area contributed by atoms with Gasteiger partial charge in [-0.2, -0.15) is 4.98 Å². The number of nitrogen functional groups attached to an aromatic ring is 1. The van der Waals surface area contributed by atoms with E-state index in [0.717, 1.165) is 4.21 Å². The van der Waals surface area contributed by atoms with Crippen molar-refractivity contribution in [3.63, 3.8) is 0 Å². The molecule has 0 aliphatic carbocycles. The summed E-state index contributed by atoms with van der Waals surface area (Å²) < 4.78 is 0.922. The van der Waals surface area contributed by atoms with Gasteiger partial charge in [0.15, 0.2) is 5.03 Å². The number of nitrogens with zero attached hydrogens (tertiary/aromatic N) is 3. The average Bonchev–Trinajstić information content (AvgIpc) is 2.68. The molecule has 0 saturated heterocycles. The first-order valence-electron chi connectivity index (χ1n) is 4.58. The third-order valence-corrected chi connectivity index (χ3v) is 3.93. The monoisotopic (exact) mass is 268 g/mol. The number of anilines is 1. The highest BCUT2D eigenvalue weighted by atomic mass is 32.2. The van der Waals surface area contributed by atoms with Gasteiger partial charge in [-0.15, -0.1) is 11.3 Å². The molecule has 0 aliphatic heterocycles. The molecule has 88 valence electrons. The summed E-state index contributed by atoms with van der Waals surface area (Å²) in [7, 11) is 0. The minimum absolute atomic E-state index is 0.0483. The molecular weight excluding hydrogens is 260 g/mol. The van der Waals surface area contributed by atoms with Crippen LogP contribution in [0.4, 0.5) is 11.6 Å². The summed E-state index contributed by atoms with van der Waals surface area (Å²) >= 11 is 2.71. The lowest BCUT2D eigenvalue weighted by molar-refractivity contribution is -0.389. The Morgan fingerprint density at radius 1 is 1.53 bits per heavy atom. The van der Waals surface area contributed by atoms with Crippen LogP contribution in [0.25, 0.3) is 0 Å². The van der Waals surface area contributed by atoms with Crippen LogP contribution in [0.5, 0.6) is 0 Å². The van der Waals surface area contributed by atoms with Crippen LogP contribution in [0.1, 0.15) is 5.69 Å². The number of nitrogens with two attached hydrogens (primary N) is 1. The van der Waals surface area contributed by atoms with E-state index >= 15 is 0 Å². The van der Waals surface area contributed by atoms with Gasteiger partial charge in [-0.3, -0.25) is 10.1 Å². The van der Waals surface area contributed by atoms with Gasteiger partial charge in [0, 0.05) is 0 Å². The number of aromatic nitrogens is 2. The maximum absolute atomic E-state index is 11.0. The van der Waals surface area contributed by atoms with Crippen LogP contribution >= 0.6 is 23.1 Å². The number of nitro groups is 1. The number of aryl methyl sites for hydroxylation is 1. The zero-order valence-electron chi connectivity index (χ0n) is 8.78. The van der Waals surface area contributed by atoms with Crippen LogP contribution in [0.15, 0.2) is 26.7 Å². The molecule has 6 nitrogen and oxygen atoms in total. The fourth-order valence-electron chi connectivity index (χ4n) is 1.26. The van der Waals surface area contributed by atoms with Gasteiger partial charge in [0.1, 0.15) is 5.69 Å². The van der Waals surface area contributed by atoms with Crippen LogP contribution in [-0.4, -0.2) is 14.9 Å². The molecule has 0 atom stereocenters. The van der Waals surface area contributed by atoms with Crippen molar-refractivity contribution < 1.29 is 4.92 Å². The Balaban J connectivity index is 2.47. The van der Waals surface area contributed by atoms with Gasteiger partial charge in [-0.25, -0.2) is 4.98 Å². The molecule has 0 spiro atoms. The Bertz CT molecular complexity index is 556. The summed E-state index contributed by atoms with van der Waals surface area (Å²) in [6.07, 6.45) is 0. The van der Waals surface area contributed by atoms with Gasteiger partial charge in [0.25, 0.3) is 0 Å². The second-order valence-corrected chi connectivity index (χ2v) is 5.35. The van der Waals surface area contributed by atoms with E-state index in [-0.39, 0.29) is 22.4 Å². The first-order chi connectivity index (χ1) is 8.08. The molecular formula is C9H8N4O2S2.